The molecule has 5 nitrogen and oxygen atoms in total. The Labute approximate surface area is 143 Å². The number of methoxy groups -OCH3 is 1. The Morgan fingerprint density at radius 1 is 1.35 bits per heavy atom. The third kappa shape index (κ3) is 3.82. The van der Waals surface area contributed by atoms with E-state index in [0.717, 1.165) is 15.8 Å². The molecule has 1 aliphatic rings. The van der Waals surface area contributed by atoms with Crippen molar-refractivity contribution in [2.45, 2.75) is 12.5 Å². The summed E-state index contributed by atoms with van der Waals surface area (Å²) < 4.78 is 11.8. The Kier molecular flexibility index (Phi) is 4.81. The average Bonchev–Trinajstić information content (AvgIpc) is 2.52. The Bertz CT molecular complexity index is 702. The highest BCUT2D eigenvalue weighted by molar-refractivity contribution is 9.10. The van der Waals surface area contributed by atoms with Crippen LogP contribution in [0, 0.1) is 0 Å². The van der Waals surface area contributed by atoms with Gasteiger partial charge < -0.3 is 14.4 Å². The van der Waals surface area contributed by atoms with E-state index in [2.05, 4.69) is 20.9 Å². The molecular weight excluding hydrogens is 360 g/mol. The van der Waals surface area contributed by atoms with Crippen LogP contribution in [0.2, 0.25) is 0 Å². The molecule has 0 spiro atoms. The van der Waals surface area contributed by atoms with Crippen molar-refractivity contribution in [1.29, 1.82) is 0 Å². The maximum absolute atomic E-state index is 12.3. The number of ether oxygens (including phenoxy) is 2. The van der Waals surface area contributed by atoms with Crippen molar-refractivity contribution >= 4 is 21.8 Å². The summed E-state index contributed by atoms with van der Waals surface area (Å²) in [5, 5.41) is 0. The number of hydrogen-bond donors (Lipinski definition) is 0. The van der Waals surface area contributed by atoms with E-state index in [9.17, 15) is 4.79 Å². The van der Waals surface area contributed by atoms with E-state index in [4.69, 9.17) is 9.47 Å². The minimum Gasteiger partial charge on any atom is -0.497 e. The summed E-state index contributed by atoms with van der Waals surface area (Å²) in [4.78, 5) is 18.2. The van der Waals surface area contributed by atoms with E-state index < -0.39 is 0 Å². The van der Waals surface area contributed by atoms with Crippen molar-refractivity contribution < 1.29 is 14.3 Å². The third-order valence-corrected chi connectivity index (χ3v) is 4.30. The Balaban J connectivity index is 1.51. The lowest BCUT2D eigenvalue weighted by atomic mass is 10.1. The van der Waals surface area contributed by atoms with Gasteiger partial charge in [-0.2, -0.15) is 0 Å². The molecule has 0 unspecified atom stereocenters. The van der Waals surface area contributed by atoms with Gasteiger partial charge in [-0.1, -0.05) is 12.1 Å². The van der Waals surface area contributed by atoms with E-state index in [1.54, 1.807) is 18.2 Å². The molecule has 6 heteroatoms. The van der Waals surface area contributed by atoms with Gasteiger partial charge in [0.15, 0.2) is 0 Å². The lowest BCUT2D eigenvalue weighted by Gasteiger charge is -2.38. The third-order valence-electron chi connectivity index (χ3n) is 3.69. The molecule has 1 aromatic carbocycles. The number of amides is 1. The van der Waals surface area contributed by atoms with Crippen LogP contribution in [-0.4, -0.2) is 42.1 Å². The molecule has 3 rings (SSSR count). The van der Waals surface area contributed by atoms with Crippen molar-refractivity contribution in [3.8, 4) is 11.6 Å². The second-order valence-corrected chi connectivity index (χ2v) is 6.21. The molecule has 0 bridgehead atoms. The molecule has 1 fully saturated rings. The molecule has 1 aromatic heterocycles. The summed E-state index contributed by atoms with van der Waals surface area (Å²) in [6.45, 7) is 1.18. The van der Waals surface area contributed by atoms with Gasteiger partial charge in [-0.15, -0.1) is 0 Å². The van der Waals surface area contributed by atoms with Crippen LogP contribution in [0.4, 0.5) is 0 Å². The van der Waals surface area contributed by atoms with Gasteiger partial charge in [-0.3, -0.25) is 4.79 Å². The highest BCUT2D eigenvalue weighted by Gasteiger charge is 2.32. The van der Waals surface area contributed by atoms with Crippen LogP contribution in [-0.2, 0) is 11.2 Å². The van der Waals surface area contributed by atoms with Gasteiger partial charge in [0.05, 0.1) is 31.1 Å². The minimum absolute atomic E-state index is 0.00420. The quantitative estimate of drug-likeness (QED) is 0.804. The SMILES string of the molecule is COc1cccc(CC(=O)N2CC(Oc3ncccc3Br)C2)c1. The highest BCUT2D eigenvalue weighted by atomic mass is 79.9. The number of aromatic nitrogens is 1. The predicted octanol–water partition coefficient (Wildman–Crippen LogP) is 2.69. The maximum Gasteiger partial charge on any atom is 0.228 e. The molecule has 2 heterocycles. The first-order chi connectivity index (χ1) is 11.2. The average molecular weight is 377 g/mol. The predicted molar refractivity (Wildman–Crippen MR) is 89.6 cm³/mol. The molecule has 1 aliphatic heterocycles. The standard InChI is InChI=1S/C17H17BrN2O3/c1-22-13-5-2-4-12(8-13)9-16(21)20-10-14(11-20)23-17-15(18)6-3-7-19-17/h2-8,14H,9-11H2,1H3. The summed E-state index contributed by atoms with van der Waals surface area (Å²) in [5.74, 6) is 1.43. The van der Waals surface area contributed by atoms with Gasteiger partial charge in [0.25, 0.3) is 0 Å². The summed E-state index contributed by atoms with van der Waals surface area (Å²) in [6.07, 6.45) is 2.05. The van der Waals surface area contributed by atoms with Gasteiger partial charge in [0.2, 0.25) is 11.8 Å². The molecule has 0 aliphatic carbocycles. The molecule has 0 radical (unpaired) electrons. The van der Waals surface area contributed by atoms with Crippen LogP contribution in [0.5, 0.6) is 11.6 Å². The fourth-order valence-electron chi connectivity index (χ4n) is 2.40. The molecular formula is C17H17BrN2O3. The van der Waals surface area contributed by atoms with Gasteiger partial charge >= 0.3 is 0 Å². The zero-order valence-electron chi connectivity index (χ0n) is 12.7. The Hall–Kier alpha value is -2.08. The summed E-state index contributed by atoms with van der Waals surface area (Å²) in [5.41, 5.74) is 0.950. The van der Waals surface area contributed by atoms with Gasteiger partial charge in [-0.25, -0.2) is 4.98 Å². The van der Waals surface area contributed by atoms with Crippen molar-refractivity contribution in [1.82, 2.24) is 9.88 Å². The zero-order chi connectivity index (χ0) is 16.2. The number of benzene rings is 1. The number of carbonyl (C=O) groups excluding carboxylic acids is 1. The summed E-state index contributed by atoms with van der Waals surface area (Å²) in [7, 11) is 1.62. The number of rotatable bonds is 5. The molecule has 23 heavy (non-hydrogen) atoms. The smallest absolute Gasteiger partial charge is 0.228 e. The second kappa shape index (κ2) is 7.00. The lowest BCUT2D eigenvalue weighted by molar-refractivity contribution is -0.139. The number of halogens is 1. The normalized spacial score (nSPS) is 14.3. The molecule has 0 atom stereocenters. The minimum atomic E-state index is -0.00420. The first-order valence-corrected chi connectivity index (χ1v) is 8.13. The van der Waals surface area contributed by atoms with Crippen LogP contribution in [0.3, 0.4) is 0 Å². The maximum atomic E-state index is 12.3. The van der Waals surface area contributed by atoms with Crippen molar-refractivity contribution in [2.24, 2.45) is 0 Å². The Morgan fingerprint density at radius 3 is 2.91 bits per heavy atom. The highest BCUT2D eigenvalue weighted by Crippen LogP contribution is 2.24. The zero-order valence-corrected chi connectivity index (χ0v) is 14.3. The molecule has 1 saturated heterocycles. The van der Waals surface area contributed by atoms with Crippen molar-refractivity contribution in [2.75, 3.05) is 20.2 Å². The van der Waals surface area contributed by atoms with E-state index in [-0.39, 0.29) is 12.0 Å². The van der Waals surface area contributed by atoms with Crippen molar-refractivity contribution in [3.63, 3.8) is 0 Å². The molecule has 0 saturated carbocycles. The number of carbonyl (C=O) groups is 1. The van der Waals surface area contributed by atoms with Gasteiger partial charge in [0.1, 0.15) is 11.9 Å². The molecule has 120 valence electrons. The molecule has 2 aromatic rings. The largest absolute Gasteiger partial charge is 0.497 e. The van der Waals surface area contributed by atoms with E-state index >= 15 is 0 Å². The van der Waals surface area contributed by atoms with Gasteiger partial charge in [-0.05, 0) is 45.8 Å². The fraction of sp³-hybridized carbons (Fsp3) is 0.294. The molecule has 0 N–H and O–H groups in total. The summed E-state index contributed by atoms with van der Waals surface area (Å²) in [6, 6.07) is 11.3. The lowest BCUT2D eigenvalue weighted by Crippen LogP contribution is -2.56. The first kappa shape index (κ1) is 15.8. The topological polar surface area (TPSA) is 51.7 Å². The number of likely N-dealkylation sites (tertiary alicyclic amines) is 1. The fourth-order valence-corrected chi connectivity index (χ4v) is 2.75. The van der Waals surface area contributed by atoms with E-state index in [1.807, 2.05) is 36.4 Å². The van der Waals surface area contributed by atoms with Crippen LogP contribution in [0.15, 0.2) is 47.1 Å². The second-order valence-electron chi connectivity index (χ2n) is 5.36. The van der Waals surface area contributed by atoms with E-state index in [0.29, 0.717) is 25.4 Å². The molecule has 1 amide bonds. The number of pyridine rings is 1. The number of hydrogen-bond acceptors (Lipinski definition) is 4. The van der Waals surface area contributed by atoms with Crippen molar-refractivity contribution in [3.05, 3.63) is 52.6 Å². The summed E-state index contributed by atoms with van der Waals surface area (Å²) >= 11 is 3.40. The first-order valence-electron chi connectivity index (χ1n) is 7.33. The van der Waals surface area contributed by atoms with E-state index in [1.165, 1.54) is 0 Å². The van der Waals surface area contributed by atoms with Crippen LogP contribution in [0.1, 0.15) is 5.56 Å². The van der Waals surface area contributed by atoms with Crippen LogP contribution in [0.25, 0.3) is 0 Å². The van der Waals surface area contributed by atoms with Crippen LogP contribution >= 0.6 is 15.9 Å². The number of nitrogens with zero attached hydrogens (tertiary/aromatic N) is 2. The monoisotopic (exact) mass is 376 g/mol. The van der Waals surface area contributed by atoms with Crippen LogP contribution < -0.4 is 9.47 Å². The van der Waals surface area contributed by atoms with Gasteiger partial charge in [0, 0.05) is 6.20 Å². The Morgan fingerprint density at radius 2 is 2.17 bits per heavy atom.